The Bertz CT molecular complexity index is 714. The maximum atomic E-state index is 12.2. The third kappa shape index (κ3) is 4.89. The molecule has 1 saturated carbocycles. The van der Waals surface area contributed by atoms with Gasteiger partial charge in [0.1, 0.15) is 0 Å². The van der Waals surface area contributed by atoms with E-state index in [1.165, 1.54) is 12.8 Å². The van der Waals surface area contributed by atoms with Crippen molar-refractivity contribution >= 4 is 23.2 Å². The van der Waals surface area contributed by atoms with E-state index in [4.69, 9.17) is 0 Å². The fraction of sp³-hybridized carbons (Fsp3) is 0.278. The van der Waals surface area contributed by atoms with Crippen molar-refractivity contribution < 1.29 is 9.59 Å². The first-order valence-corrected chi connectivity index (χ1v) is 8.03. The highest BCUT2D eigenvalue weighted by Gasteiger charge is 2.20. The number of benzene rings is 1. The average Bonchev–Trinajstić information content (AvgIpc) is 3.40. The summed E-state index contributed by atoms with van der Waals surface area (Å²) in [6.45, 7) is 1.17. The summed E-state index contributed by atoms with van der Waals surface area (Å²) in [5, 5.41) is 8.73. The van der Waals surface area contributed by atoms with Crippen LogP contribution in [-0.2, 0) is 4.79 Å². The first kappa shape index (κ1) is 16.1. The van der Waals surface area contributed by atoms with E-state index in [1.54, 1.807) is 48.8 Å². The molecule has 2 amide bonds. The lowest BCUT2D eigenvalue weighted by Crippen LogP contribution is -2.29. The molecule has 1 heterocycles. The van der Waals surface area contributed by atoms with E-state index in [0.29, 0.717) is 16.9 Å². The van der Waals surface area contributed by atoms with E-state index < -0.39 is 0 Å². The number of aromatic nitrogens is 1. The second-order valence-corrected chi connectivity index (χ2v) is 5.89. The molecule has 0 saturated heterocycles. The van der Waals surface area contributed by atoms with Crippen LogP contribution in [0.4, 0.5) is 11.4 Å². The third-order valence-electron chi connectivity index (χ3n) is 3.76. The van der Waals surface area contributed by atoms with E-state index in [0.717, 1.165) is 12.5 Å². The Balaban J connectivity index is 1.54. The van der Waals surface area contributed by atoms with E-state index in [9.17, 15) is 9.59 Å². The van der Waals surface area contributed by atoms with Crippen LogP contribution in [0.5, 0.6) is 0 Å². The summed E-state index contributed by atoms with van der Waals surface area (Å²) in [7, 11) is 0. The zero-order valence-corrected chi connectivity index (χ0v) is 13.3. The molecule has 24 heavy (non-hydrogen) atoms. The highest BCUT2D eigenvalue weighted by molar-refractivity contribution is 6.05. The highest BCUT2D eigenvalue weighted by atomic mass is 16.2. The average molecular weight is 324 g/mol. The fourth-order valence-electron chi connectivity index (χ4n) is 2.29. The van der Waals surface area contributed by atoms with Gasteiger partial charge in [-0.05, 0) is 55.6 Å². The Morgan fingerprint density at radius 3 is 2.58 bits per heavy atom. The van der Waals surface area contributed by atoms with Crippen molar-refractivity contribution in [1.82, 2.24) is 10.3 Å². The van der Waals surface area contributed by atoms with Gasteiger partial charge in [0.05, 0.1) is 6.54 Å². The van der Waals surface area contributed by atoms with Crippen LogP contribution in [-0.4, -0.2) is 29.9 Å². The third-order valence-corrected chi connectivity index (χ3v) is 3.76. The van der Waals surface area contributed by atoms with Gasteiger partial charge in [0, 0.05) is 29.3 Å². The van der Waals surface area contributed by atoms with E-state index in [2.05, 4.69) is 20.9 Å². The molecular formula is C18H20N4O2. The number of amides is 2. The summed E-state index contributed by atoms with van der Waals surface area (Å²) in [5.74, 6) is 0.393. The molecule has 0 atom stereocenters. The molecule has 0 radical (unpaired) electrons. The lowest BCUT2D eigenvalue weighted by molar-refractivity contribution is -0.115. The van der Waals surface area contributed by atoms with Crippen molar-refractivity contribution in [3.8, 4) is 0 Å². The number of hydrogen-bond acceptors (Lipinski definition) is 4. The Kier molecular flexibility index (Phi) is 5.18. The second-order valence-electron chi connectivity index (χ2n) is 5.89. The van der Waals surface area contributed by atoms with Crippen LogP contribution < -0.4 is 16.0 Å². The monoisotopic (exact) mass is 324 g/mol. The molecule has 1 fully saturated rings. The van der Waals surface area contributed by atoms with E-state index >= 15 is 0 Å². The predicted molar refractivity (Wildman–Crippen MR) is 92.9 cm³/mol. The Labute approximate surface area is 140 Å². The molecule has 6 nitrogen and oxygen atoms in total. The van der Waals surface area contributed by atoms with Crippen LogP contribution >= 0.6 is 0 Å². The zero-order chi connectivity index (χ0) is 16.8. The Morgan fingerprint density at radius 1 is 1.04 bits per heavy atom. The van der Waals surface area contributed by atoms with Crippen molar-refractivity contribution in [3.05, 3.63) is 54.4 Å². The molecule has 0 spiro atoms. The molecule has 1 aromatic heterocycles. The summed E-state index contributed by atoms with van der Waals surface area (Å²) >= 11 is 0. The Morgan fingerprint density at radius 2 is 1.83 bits per heavy atom. The smallest absolute Gasteiger partial charge is 0.255 e. The molecular weight excluding hydrogens is 304 g/mol. The number of carbonyl (C=O) groups is 2. The zero-order valence-electron chi connectivity index (χ0n) is 13.3. The molecule has 1 aromatic carbocycles. The largest absolute Gasteiger partial charge is 0.325 e. The lowest BCUT2D eigenvalue weighted by Gasteiger charge is -2.09. The first-order valence-electron chi connectivity index (χ1n) is 8.03. The standard InChI is InChI=1S/C18H20N4O2/c23-17(12-20-11-13-4-5-13)21-16-3-1-2-14(10-16)18(24)22-15-6-8-19-9-7-15/h1-3,6-10,13,20H,4-5,11-12H2,(H,21,23)(H,19,22,24). The van der Waals surface area contributed by atoms with Crippen molar-refractivity contribution in [2.45, 2.75) is 12.8 Å². The van der Waals surface area contributed by atoms with E-state index in [1.807, 2.05) is 0 Å². The van der Waals surface area contributed by atoms with Gasteiger partial charge in [-0.3, -0.25) is 14.6 Å². The topological polar surface area (TPSA) is 83.1 Å². The lowest BCUT2D eigenvalue weighted by atomic mass is 10.2. The number of nitrogens with one attached hydrogen (secondary N) is 3. The summed E-state index contributed by atoms with van der Waals surface area (Å²) in [4.78, 5) is 28.1. The van der Waals surface area contributed by atoms with Crippen LogP contribution in [0.3, 0.4) is 0 Å². The van der Waals surface area contributed by atoms with Gasteiger partial charge < -0.3 is 16.0 Å². The predicted octanol–water partition coefficient (Wildman–Crippen LogP) is 2.27. The van der Waals surface area contributed by atoms with E-state index in [-0.39, 0.29) is 18.4 Å². The van der Waals surface area contributed by atoms with Gasteiger partial charge in [-0.1, -0.05) is 6.07 Å². The maximum absolute atomic E-state index is 12.2. The minimum Gasteiger partial charge on any atom is -0.325 e. The minimum atomic E-state index is -0.232. The molecule has 6 heteroatoms. The van der Waals surface area contributed by atoms with Crippen molar-refractivity contribution in [1.29, 1.82) is 0 Å². The van der Waals surface area contributed by atoms with Gasteiger partial charge in [0.15, 0.2) is 0 Å². The molecule has 3 rings (SSSR count). The summed E-state index contributed by atoms with van der Waals surface area (Å²) in [6, 6.07) is 10.3. The molecule has 1 aliphatic rings. The number of hydrogen-bond donors (Lipinski definition) is 3. The molecule has 2 aromatic rings. The van der Waals surface area contributed by atoms with Crippen molar-refractivity contribution in [2.75, 3.05) is 23.7 Å². The van der Waals surface area contributed by atoms with Gasteiger partial charge in [-0.25, -0.2) is 0 Å². The summed E-state index contributed by atoms with van der Waals surface area (Å²) in [6.07, 6.45) is 5.73. The van der Waals surface area contributed by atoms with Gasteiger partial charge in [0.2, 0.25) is 5.91 Å². The number of rotatable bonds is 7. The number of carbonyl (C=O) groups excluding carboxylic acids is 2. The van der Waals surface area contributed by atoms with Gasteiger partial charge >= 0.3 is 0 Å². The molecule has 124 valence electrons. The number of pyridine rings is 1. The van der Waals surface area contributed by atoms with Crippen LogP contribution in [0.2, 0.25) is 0 Å². The van der Waals surface area contributed by atoms with Crippen LogP contribution in [0, 0.1) is 5.92 Å². The van der Waals surface area contributed by atoms with Gasteiger partial charge in [0.25, 0.3) is 5.91 Å². The van der Waals surface area contributed by atoms with Crippen LogP contribution in [0.25, 0.3) is 0 Å². The first-order chi connectivity index (χ1) is 11.7. The second kappa shape index (κ2) is 7.70. The highest BCUT2D eigenvalue weighted by Crippen LogP contribution is 2.27. The summed E-state index contributed by atoms with van der Waals surface area (Å²) < 4.78 is 0. The van der Waals surface area contributed by atoms with Crippen LogP contribution in [0.1, 0.15) is 23.2 Å². The number of nitrogens with zero attached hydrogens (tertiary/aromatic N) is 1. The SMILES string of the molecule is O=C(CNCC1CC1)Nc1cccc(C(=O)Nc2ccncc2)c1. The molecule has 0 bridgehead atoms. The van der Waals surface area contributed by atoms with Gasteiger partial charge in [-0.2, -0.15) is 0 Å². The fourth-order valence-corrected chi connectivity index (χ4v) is 2.29. The molecule has 3 N–H and O–H groups in total. The number of anilines is 2. The maximum Gasteiger partial charge on any atom is 0.255 e. The van der Waals surface area contributed by atoms with Crippen molar-refractivity contribution in [2.24, 2.45) is 5.92 Å². The van der Waals surface area contributed by atoms with Crippen LogP contribution in [0.15, 0.2) is 48.8 Å². The molecule has 0 aliphatic heterocycles. The quantitative estimate of drug-likeness (QED) is 0.729. The van der Waals surface area contributed by atoms with Crippen molar-refractivity contribution in [3.63, 3.8) is 0 Å². The Hall–Kier alpha value is -2.73. The van der Waals surface area contributed by atoms with Gasteiger partial charge in [-0.15, -0.1) is 0 Å². The minimum absolute atomic E-state index is 0.109. The molecule has 0 unspecified atom stereocenters. The summed E-state index contributed by atoms with van der Waals surface area (Å²) in [5.41, 5.74) is 1.76. The molecule has 1 aliphatic carbocycles. The normalized spacial score (nSPS) is 13.3.